The van der Waals surface area contributed by atoms with E-state index in [2.05, 4.69) is 37.3 Å². The summed E-state index contributed by atoms with van der Waals surface area (Å²) < 4.78 is 25.1. The molecule has 0 atom stereocenters. The molecule has 0 amide bonds. The Hall–Kier alpha value is -0.720. The zero-order valence-corrected chi connectivity index (χ0v) is 16.7. The van der Waals surface area contributed by atoms with Crippen LogP contribution in [0.3, 0.4) is 0 Å². The van der Waals surface area contributed by atoms with Crippen LogP contribution >= 0.6 is 11.8 Å². The van der Waals surface area contributed by atoms with E-state index in [0.717, 1.165) is 24.3 Å². The van der Waals surface area contributed by atoms with Crippen molar-refractivity contribution in [2.45, 2.75) is 58.0 Å². The lowest BCUT2D eigenvalue weighted by Crippen LogP contribution is -2.37. The van der Waals surface area contributed by atoms with Crippen LogP contribution in [0.4, 0.5) is 5.69 Å². The highest BCUT2D eigenvalue weighted by molar-refractivity contribution is 7.99. The zero-order valence-electron chi connectivity index (χ0n) is 15.1. The molecule has 0 fully saturated rings. The van der Waals surface area contributed by atoms with Crippen molar-refractivity contribution in [1.82, 2.24) is 4.90 Å². The van der Waals surface area contributed by atoms with E-state index in [4.69, 9.17) is 0 Å². The molecular formula is C17H30N2O2S2. The molecule has 0 spiro atoms. The van der Waals surface area contributed by atoms with Gasteiger partial charge in [-0.2, -0.15) is 0 Å². The van der Waals surface area contributed by atoms with Gasteiger partial charge in [-0.05, 0) is 77.1 Å². The first-order valence-electron chi connectivity index (χ1n) is 8.07. The maximum absolute atomic E-state index is 11.3. The predicted molar refractivity (Wildman–Crippen MR) is 102 cm³/mol. The molecule has 0 aliphatic carbocycles. The number of anilines is 1. The highest BCUT2D eigenvalue weighted by atomic mass is 32.2. The third kappa shape index (κ3) is 7.59. The summed E-state index contributed by atoms with van der Waals surface area (Å²) in [4.78, 5) is 3.69. The molecule has 132 valence electrons. The summed E-state index contributed by atoms with van der Waals surface area (Å²) in [5.41, 5.74) is 1.61. The lowest BCUT2D eigenvalue weighted by Gasteiger charge is -2.30. The Morgan fingerprint density at radius 2 is 1.78 bits per heavy atom. The van der Waals surface area contributed by atoms with E-state index in [1.165, 1.54) is 11.2 Å². The van der Waals surface area contributed by atoms with E-state index in [1.54, 1.807) is 0 Å². The van der Waals surface area contributed by atoms with Gasteiger partial charge in [0.05, 0.1) is 11.9 Å². The fourth-order valence-corrected chi connectivity index (χ4v) is 4.15. The Bertz CT molecular complexity index is 591. The van der Waals surface area contributed by atoms with Crippen LogP contribution in [-0.2, 0) is 10.0 Å². The van der Waals surface area contributed by atoms with Gasteiger partial charge in [0.2, 0.25) is 10.0 Å². The number of nitrogens with zero attached hydrogens (tertiary/aromatic N) is 1. The van der Waals surface area contributed by atoms with Crippen LogP contribution < -0.4 is 4.72 Å². The van der Waals surface area contributed by atoms with E-state index in [1.807, 2.05) is 36.9 Å². The van der Waals surface area contributed by atoms with Crippen molar-refractivity contribution in [3.8, 4) is 0 Å². The van der Waals surface area contributed by atoms with E-state index in [0.29, 0.717) is 17.8 Å². The second kappa shape index (κ2) is 8.94. The molecule has 0 unspecified atom stereocenters. The first kappa shape index (κ1) is 20.3. The van der Waals surface area contributed by atoms with Crippen molar-refractivity contribution in [3.05, 3.63) is 23.8 Å². The fraction of sp³-hybridized carbons (Fsp3) is 0.647. The Kier molecular flexibility index (Phi) is 7.90. The molecule has 0 aliphatic rings. The normalized spacial score (nSPS) is 12.4. The molecule has 0 bridgehead atoms. The van der Waals surface area contributed by atoms with Crippen LogP contribution in [-0.4, -0.2) is 44.0 Å². The van der Waals surface area contributed by atoms with Crippen molar-refractivity contribution < 1.29 is 8.42 Å². The largest absolute Gasteiger partial charge is 0.299 e. The summed E-state index contributed by atoms with van der Waals surface area (Å²) in [5.74, 6) is 1.06. The van der Waals surface area contributed by atoms with Gasteiger partial charge >= 0.3 is 0 Å². The van der Waals surface area contributed by atoms with Gasteiger partial charge in [-0.25, -0.2) is 8.42 Å². The van der Waals surface area contributed by atoms with Gasteiger partial charge in [-0.1, -0.05) is 0 Å². The van der Waals surface area contributed by atoms with Crippen LogP contribution in [0, 0.1) is 6.92 Å². The fourth-order valence-electron chi connectivity index (χ4n) is 2.59. The minimum absolute atomic E-state index is 0.573. The standard InChI is InChI=1S/C17H30N2O2S2/c1-13(2)19(14(3)4)10-7-11-22-16-8-9-17(15(5)12-16)18-23(6,20)21/h8-9,12-14,18H,7,10-11H2,1-6H3. The van der Waals surface area contributed by atoms with Crippen LogP contribution in [0.15, 0.2) is 23.1 Å². The van der Waals surface area contributed by atoms with Gasteiger partial charge in [0.15, 0.2) is 0 Å². The molecule has 0 heterocycles. The number of benzene rings is 1. The summed E-state index contributed by atoms with van der Waals surface area (Å²) in [5, 5.41) is 0. The first-order chi connectivity index (χ1) is 10.6. The summed E-state index contributed by atoms with van der Waals surface area (Å²) in [6, 6.07) is 7.01. The summed E-state index contributed by atoms with van der Waals surface area (Å²) in [7, 11) is -3.22. The highest BCUT2D eigenvalue weighted by Crippen LogP contribution is 2.25. The topological polar surface area (TPSA) is 49.4 Å². The van der Waals surface area contributed by atoms with Crippen molar-refractivity contribution in [2.75, 3.05) is 23.3 Å². The third-order valence-corrected chi connectivity index (χ3v) is 5.32. The van der Waals surface area contributed by atoms with Crippen molar-refractivity contribution in [2.24, 2.45) is 0 Å². The number of thioether (sulfide) groups is 1. The second-order valence-electron chi connectivity index (χ2n) is 6.48. The van der Waals surface area contributed by atoms with E-state index in [9.17, 15) is 8.42 Å². The zero-order chi connectivity index (χ0) is 17.6. The lowest BCUT2D eigenvalue weighted by atomic mass is 10.2. The Labute approximate surface area is 146 Å². The number of sulfonamides is 1. The van der Waals surface area contributed by atoms with E-state index < -0.39 is 10.0 Å². The summed E-state index contributed by atoms with van der Waals surface area (Å²) >= 11 is 1.82. The van der Waals surface area contributed by atoms with Gasteiger partial charge < -0.3 is 0 Å². The van der Waals surface area contributed by atoms with Gasteiger partial charge in [0, 0.05) is 17.0 Å². The van der Waals surface area contributed by atoms with Crippen LogP contribution in [0.1, 0.15) is 39.7 Å². The van der Waals surface area contributed by atoms with Crippen LogP contribution in [0.25, 0.3) is 0 Å². The summed E-state index contributed by atoms with van der Waals surface area (Å²) in [6.07, 6.45) is 2.31. The number of hydrogen-bond donors (Lipinski definition) is 1. The predicted octanol–water partition coefficient (Wildman–Crippen LogP) is 3.97. The van der Waals surface area contributed by atoms with Crippen molar-refractivity contribution in [1.29, 1.82) is 0 Å². The lowest BCUT2D eigenvalue weighted by molar-refractivity contribution is 0.176. The van der Waals surface area contributed by atoms with Gasteiger partial charge in [0.1, 0.15) is 0 Å². The van der Waals surface area contributed by atoms with Crippen LogP contribution in [0.2, 0.25) is 0 Å². The van der Waals surface area contributed by atoms with Gasteiger partial charge in [-0.3, -0.25) is 9.62 Å². The van der Waals surface area contributed by atoms with Crippen molar-refractivity contribution >= 4 is 27.5 Å². The molecule has 0 aliphatic heterocycles. The molecule has 1 N–H and O–H groups in total. The minimum atomic E-state index is -3.22. The average molecular weight is 359 g/mol. The SMILES string of the molecule is Cc1cc(SCCCN(C(C)C)C(C)C)ccc1NS(C)(=O)=O. The molecule has 0 saturated heterocycles. The Morgan fingerprint density at radius 1 is 1.17 bits per heavy atom. The van der Waals surface area contributed by atoms with Gasteiger partial charge in [-0.15, -0.1) is 11.8 Å². The quantitative estimate of drug-likeness (QED) is 0.536. The molecule has 4 nitrogen and oxygen atoms in total. The molecular weight excluding hydrogens is 328 g/mol. The van der Waals surface area contributed by atoms with E-state index >= 15 is 0 Å². The monoisotopic (exact) mass is 358 g/mol. The van der Waals surface area contributed by atoms with Crippen LogP contribution in [0.5, 0.6) is 0 Å². The maximum atomic E-state index is 11.3. The first-order valence-corrected chi connectivity index (χ1v) is 10.9. The van der Waals surface area contributed by atoms with Gasteiger partial charge in [0.25, 0.3) is 0 Å². The van der Waals surface area contributed by atoms with E-state index in [-0.39, 0.29) is 0 Å². The Morgan fingerprint density at radius 3 is 2.26 bits per heavy atom. The number of aryl methyl sites for hydroxylation is 1. The number of hydrogen-bond acceptors (Lipinski definition) is 4. The molecule has 1 aromatic carbocycles. The molecule has 1 rings (SSSR count). The van der Waals surface area contributed by atoms with Crippen molar-refractivity contribution in [3.63, 3.8) is 0 Å². The second-order valence-corrected chi connectivity index (χ2v) is 9.40. The molecule has 1 aromatic rings. The third-order valence-electron chi connectivity index (χ3n) is 3.65. The molecule has 0 aromatic heterocycles. The number of nitrogens with one attached hydrogen (secondary N) is 1. The average Bonchev–Trinajstić information content (AvgIpc) is 2.39. The smallest absolute Gasteiger partial charge is 0.229 e. The molecule has 6 heteroatoms. The maximum Gasteiger partial charge on any atom is 0.229 e. The molecule has 0 saturated carbocycles. The molecule has 0 radical (unpaired) electrons. The highest BCUT2D eigenvalue weighted by Gasteiger charge is 2.12. The summed E-state index contributed by atoms with van der Waals surface area (Å²) in [6.45, 7) is 12.0. The number of rotatable bonds is 9. The Balaban J connectivity index is 2.51. The minimum Gasteiger partial charge on any atom is -0.299 e. The molecule has 23 heavy (non-hydrogen) atoms.